The fraction of sp³-hybridized carbons (Fsp3) is 0.391. The first-order valence-electron chi connectivity index (χ1n) is 9.78. The molecule has 2 aromatic rings. The van der Waals surface area contributed by atoms with Crippen molar-refractivity contribution in [3.05, 3.63) is 65.7 Å². The van der Waals surface area contributed by atoms with Gasteiger partial charge in [0.05, 0.1) is 7.11 Å². The van der Waals surface area contributed by atoms with E-state index in [1.54, 1.807) is 0 Å². The third-order valence-electron chi connectivity index (χ3n) is 5.37. The number of ether oxygens (including phenoxy) is 2. The van der Waals surface area contributed by atoms with Crippen molar-refractivity contribution < 1.29 is 19.1 Å². The Morgan fingerprint density at radius 2 is 1.64 bits per heavy atom. The van der Waals surface area contributed by atoms with Crippen LogP contribution in [0.1, 0.15) is 49.1 Å². The SMILES string of the molecule is COC(=O)C[C@H]1CC[C@H](c2ccc(NC(=O)OCc3ccccc3)cc2)CC1. The molecule has 0 unspecified atom stereocenters. The van der Waals surface area contributed by atoms with Gasteiger partial charge in [0.15, 0.2) is 0 Å². The lowest BCUT2D eigenvalue weighted by atomic mass is 9.77. The molecule has 1 aliphatic carbocycles. The normalized spacial score (nSPS) is 18.9. The van der Waals surface area contributed by atoms with E-state index in [9.17, 15) is 9.59 Å². The van der Waals surface area contributed by atoms with Crippen molar-refractivity contribution in [2.24, 2.45) is 5.92 Å². The Kier molecular flexibility index (Phi) is 7.06. The molecule has 0 aromatic heterocycles. The zero-order valence-electron chi connectivity index (χ0n) is 16.2. The van der Waals surface area contributed by atoms with Gasteiger partial charge in [0.2, 0.25) is 0 Å². The largest absolute Gasteiger partial charge is 0.469 e. The van der Waals surface area contributed by atoms with E-state index >= 15 is 0 Å². The second kappa shape index (κ2) is 9.93. The summed E-state index contributed by atoms with van der Waals surface area (Å²) in [4.78, 5) is 23.4. The average molecular weight is 381 g/mol. The molecular weight excluding hydrogens is 354 g/mol. The number of benzene rings is 2. The Labute approximate surface area is 166 Å². The van der Waals surface area contributed by atoms with Crippen molar-refractivity contribution in [2.75, 3.05) is 12.4 Å². The van der Waals surface area contributed by atoms with Crippen LogP contribution in [0.5, 0.6) is 0 Å². The van der Waals surface area contributed by atoms with Crippen LogP contribution in [0.25, 0.3) is 0 Å². The Morgan fingerprint density at radius 3 is 2.29 bits per heavy atom. The van der Waals surface area contributed by atoms with E-state index in [1.165, 1.54) is 12.7 Å². The van der Waals surface area contributed by atoms with Crippen molar-refractivity contribution in [1.82, 2.24) is 0 Å². The first-order valence-corrected chi connectivity index (χ1v) is 9.78. The summed E-state index contributed by atoms with van der Waals surface area (Å²) in [6.07, 6.45) is 4.31. The molecule has 1 saturated carbocycles. The van der Waals surface area contributed by atoms with Gasteiger partial charge < -0.3 is 9.47 Å². The minimum atomic E-state index is -0.458. The molecule has 0 saturated heterocycles. The lowest BCUT2D eigenvalue weighted by Crippen LogP contribution is -2.17. The fourth-order valence-corrected chi connectivity index (χ4v) is 3.73. The number of nitrogens with one attached hydrogen (secondary N) is 1. The van der Waals surface area contributed by atoms with E-state index in [4.69, 9.17) is 9.47 Å². The van der Waals surface area contributed by atoms with Crippen LogP contribution in [0, 0.1) is 5.92 Å². The van der Waals surface area contributed by atoms with E-state index in [0.717, 1.165) is 36.9 Å². The minimum Gasteiger partial charge on any atom is -0.469 e. The number of esters is 1. The summed E-state index contributed by atoms with van der Waals surface area (Å²) in [6, 6.07) is 17.6. The zero-order valence-corrected chi connectivity index (χ0v) is 16.2. The number of amides is 1. The maximum atomic E-state index is 12.0. The van der Waals surface area contributed by atoms with Crippen LogP contribution in [0.4, 0.5) is 10.5 Å². The van der Waals surface area contributed by atoms with Gasteiger partial charge >= 0.3 is 12.1 Å². The standard InChI is InChI=1S/C23H27NO4/c1-27-22(25)15-17-7-9-19(10-8-17)20-11-13-21(14-12-20)24-23(26)28-16-18-5-3-2-4-6-18/h2-6,11-14,17,19H,7-10,15-16H2,1H3,(H,24,26)/t17-,19-. The van der Waals surface area contributed by atoms with Crippen molar-refractivity contribution in [1.29, 1.82) is 0 Å². The van der Waals surface area contributed by atoms with Crippen LogP contribution in [-0.2, 0) is 20.9 Å². The maximum Gasteiger partial charge on any atom is 0.411 e. The highest BCUT2D eigenvalue weighted by Crippen LogP contribution is 2.37. The third-order valence-corrected chi connectivity index (χ3v) is 5.37. The third kappa shape index (κ3) is 5.84. The molecule has 0 heterocycles. The maximum absolute atomic E-state index is 12.0. The minimum absolute atomic E-state index is 0.113. The average Bonchev–Trinajstić information content (AvgIpc) is 2.74. The van der Waals surface area contributed by atoms with Crippen molar-refractivity contribution in [3.63, 3.8) is 0 Å². The molecule has 28 heavy (non-hydrogen) atoms. The number of hydrogen-bond donors (Lipinski definition) is 1. The molecule has 1 fully saturated rings. The van der Waals surface area contributed by atoms with E-state index < -0.39 is 6.09 Å². The molecule has 3 rings (SSSR count). The van der Waals surface area contributed by atoms with Gasteiger partial charge in [-0.15, -0.1) is 0 Å². The van der Waals surface area contributed by atoms with E-state index in [2.05, 4.69) is 17.4 Å². The molecule has 148 valence electrons. The van der Waals surface area contributed by atoms with Gasteiger partial charge in [-0.3, -0.25) is 10.1 Å². The van der Waals surface area contributed by atoms with Gasteiger partial charge in [-0.2, -0.15) is 0 Å². The molecular formula is C23H27NO4. The van der Waals surface area contributed by atoms with Gasteiger partial charge in [-0.05, 0) is 60.8 Å². The molecule has 0 bridgehead atoms. The van der Waals surface area contributed by atoms with Gasteiger partial charge in [-0.25, -0.2) is 4.79 Å². The molecule has 0 aliphatic heterocycles. The molecule has 0 spiro atoms. The Hall–Kier alpha value is -2.82. The van der Waals surface area contributed by atoms with E-state index in [-0.39, 0.29) is 12.6 Å². The van der Waals surface area contributed by atoms with Crippen LogP contribution in [-0.4, -0.2) is 19.2 Å². The van der Waals surface area contributed by atoms with Gasteiger partial charge in [0.1, 0.15) is 6.61 Å². The second-order valence-electron chi connectivity index (χ2n) is 7.31. The zero-order chi connectivity index (χ0) is 19.8. The summed E-state index contributed by atoms with van der Waals surface area (Å²) in [6.45, 7) is 0.250. The Bertz CT molecular complexity index is 765. The van der Waals surface area contributed by atoms with Crippen LogP contribution in [0.3, 0.4) is 0 Å². The molecule has 0 radical (unpaired) electrons. The summed E-state index contributed by atoms with van der Waals surface area (Å²) < 4.78 is 10.0. The Balaban J connectivity index is 1.45. The molecule has 5 heteroatoms. The first-order chi connectivity index (χ1) is 13.6. The van der Waals surface area contributed by atoms with Crippen molar-refractivity contribution in [2.45, 2.75) is 44.6 Å². The van der Waals surface area contributed by atoms with Crippen molar-refractivity contribution >= 4 is 17.7 Å². The smallest absolute Gasteiger partial charge is 0.411 e. The first kappa shape index (κ1) is 19.9. The van der Waals surface area contributed by atoms with Crippen molar-refractivity contribution in [3.8, 4) is 0 Å². The van der Waals surface area contributed by atoms with Gasteiger partial charge in [-0.1, -0.05) is 42.5 Å². The number of methoxy groups -OCH3 is 1. The molecule has 1 aliphatic rings. The molecule has 1 amide bonds. The number of carbonyl (C=O) groups is 2. The predicted octanol–water partition coefficient (Wildman–Crippen LogP) is 5.27. The highest BCUT2D eigenvalue weighted by atomic mass is 16.5. The lowest BCUT2D eigenvalue weighted by Gasteiger charge is -2.28. The predicted molar refractivity (Wildman–Crippen MR) is 108 cm³/mol. The van der Waals surface area contributed by atoms with Crippen LogP contribution < -0.4 is 5.32 Å². The molecule has 5 nitrogen and oxygen atoms in total. The quantitative estimate of drug-likeness (QED) is 0.692. The summed E-state index contributed by atoms with van der Waals surface area (Å²) in [5, 5.41) is 2.76. The van der Waals surface area contributed by atoms with Gasteiger partial charge in [0, 0.05) is 12.1 Å². The number of rotatable bonds is 6. The monoisotopic (exact) mass is 381 g/mol. The van der Waals surface area contributed by atoms with Gasteiger partial charge in [0.25, 0.3) is 0 Å². The van der Waals surface area contributed by atoms with E-state index in [0.29, 0.717) is 18.3 Å². The highest BCUT2D eigenvalue weighted by molar-refractivity contribution is 5.84. The molecule has 2 aromatic carbocycles. The van der Waals surface area contributed by atoms with Crippen LogP contribution >= 0.6 is 0 Å². The Morgan fingerprint density at radius 1 is 0.964 bits per heavy atom. The van der Waals surface area contributed by atoms with E-state index in [1.807, 2.05) is 42.5 Å². The van der Waals surface area contributed by atoms with Crippen LogP contribution in [0.2, 0.25) is 0 Å². The summed E-state index contributed by atoms with van der Waals surface area (Å²) in [7, 11) is 1.45. The topological polar surface area (TPSA) is 64.6 Å². The molecule has 0 atom stereocenters. The number of hydrogen-bond acceptors (Lipinski definition) is 4. The highest BCUT2D eigenvalue weighted by Gasteiger charge is 2.24. The summed E-state index contributed by atoms with van der Waals surface area (Å²) in [5.41, 5.74) is 2.96. The number of anilines is 1. The van der Waals surface area contributed by atoms with Crippen LogP contribution in [0.15, 0.2) is 54.6 Å². The molecule has 1 N–H and O–H groups in total. The lowest BCUT2D eigenvalue weighted by molar-refractivity contribution is -0.142. The summed E-state index contributed by atoms with van der Waals surface area (Å²) in [5.74, 6) is 0.829. The summed E-state index contributed by atoms with van der Waals surface area (Å²) >= 11 is 0. The number of carbonyl (C=O) groups excluding carboxylic acids is 2. The fourth-order valence-electron chi connectivity index (χ4n) is 3.73. The second-order valence-corrected chi connectivity index (χ2v) is 7.31.